The van der Waals surface area contributed by atoms with Crippen molar-refractivity contribution < 1.29 is 19.7 Å². The Balaban J connectivity index is 2.37. The Morgan fingerprint density at radius 1 is 1.15 bits per heavy atom. The van der Waals surface area contributed by atoms with E-state index in [1.807, 2.05) is 25.1 Å². The van der Waals surface area contributed by atoms with E-state index in [2.05, 4.69) is 0 Å². The molecule has 0 aromatic heterocycles. The second kappa shape index (κ2) is 5.63. The summed E-state index contributed by atoms with van der Waals surface area (Å²) in [6.45, 7) is 1.87. The largest absolute Gasteiger partial charge is 0.504 e. The van der Waals surface area contributed by atoms with E-state index < -0.39 is 12.0 Å². The van der Waals surface area contributed by atoms with Gasteiger partial charge in [0.2, 0.25) is 0 Å². The van der Waals surface area contributed by atoms with Crippen molar-refractivity contribution in [2.45, 2.75) is 13.0 Å². The van der Waals surface area contributed by atoms with E-state index in [-0.39, 0.29) is 17.1 Å². The topological polar surface area (TPSA) is 92.8 Å². The van der Waals surface area contributed by atoms with Crippen LogP contribution in [0.2, 0.25) is 0 Å². The fourth-order valence-corrected chi connectivity index (χ4v) is 1.80. The summed E-state index contributed by atoms with van der Waals surface area (Å²) in [5, 5.41) is 19.0. The molecule has 1 atom stereocenters. The number of carboxylic acids is 1. The first-order valence-corrected chi connectivity index (χ1v) is 6.04. The minimum atomic E-state index is -1.30. The van der Waals surface area contributed by atoms with Gasteiger partial charge in [-0.05, 0) is 24.6 Å². The Morgan fingerprint density at radius 2 is 1.80 bits per heavy atom. The summed E-state index contributed by atoms with van der Waals surface area (Å²) in [5.41, 5.74) is 6.53. The number of rotatable bonds is 4. The highest BCUT2D eigenvalue weighted by molar-refractivity contribution is 5.77. The monoisotopic (exact) mass is 273 g/mol. The van der Waals surface area contributed by atoms with Crippen molar-refractivity contribution in [1.82, 2.24) is 0 Å². The van der Waals surface area contributed by atoms with Crippen molar-refractivity contribution in [2.75, 3.05) is 0 Å². The number of aromatic hydroxyl groups is 1. The van der Waals surface area contributed by atoms with Gasteiger partial charge in [0.15, 0.2) is 11.5 Å². The van der Waals surface area contributed by atoms with Gasteiger partial charge in [0, 0.05) is 5.56 Å². The lowest BCUT2D eigenvalue weighted by Gasteiger charge is -2.14. The van der Waals surface area contributed by atoms with Crippen molar-refractivity contribution in [1.29, 1.82) is 0 Å². The lowest BCUT2D eigenvalue weighted by Crippen LogP contribution is -2.20. The van der Waals surface area contributed by atoms with Crippen LogP contribution in [0.15, 0.2) is 42.5 Å². The van der Waals surface area contributed by atoms with Crippen LogP contribution in [0.25, 0.3) is 0 Å². The van der Waals surface area contributed by atoms with Gasteiger partial charge in [0.1, 0.15) is 11.8 Å². The number of phenols is 1. The number of carboxylic acid groups (broad SMARTS) is 1. The molecule has 0 amide bonds. The molecular formula is C15H15NO4. The fraction of sp³-hybridized carbons (Fsp3) is 0.133. The molecule has 1 unspecified atom stereocenters. The molecule has 4 N–H and O–H groups in total. The first-order valence-electron chi connectivity index (χ1n) is 6.04. The van der Waals surface area contributed by atoms with Gasteiger partial charge in [-0.25, -0.2) is 0 Å². The summed E-state index contributed by atoms with van der Waals surface area (Å²) < 4.78 is 5.61. The maximum atomic E-state index is 10.9. The quantitative estimate of drug-likeness (QED) is 0.796. The highest BCUT2D eigenvalue weighted by Gasteiger charge is 2.20. The van der Waals surface area contributed by atoms with Gasteiger partial charge in [-0.15, -0.1) is 0 Å². The number of nitrogens with two attached hydrogens (primary N) is 1. The van der Waals surface area contributed by atoms with E-state index in [0.29, 0.717) is 5.75 Å². The van der Waals surface area contributed by atoms with Crippen molar-refractivity contribution in [3.05, 3.63) is 53.6 Å². The second-order valence-electron chi connectivity index (χ2n) is 4.38. The summed E-state index contributed by atoms with van der Waals surface area (Å²) >= 11 is 0. The molecule has 2 aromatic rings. The zero-order valence-electron chi connectivity index (χ0n) is 10.9. The van der Waals surface area contributed by atoms with Crippen LogP contribution in [-0.4, -0.2) is 16.2 Å². The fourth-order valence-electron chi connectivity index (χ4n) is 1.80. The Morgan fingerprint density at radius 3 is 2.45 bits per heavy atom. The molecule has 0 aliphatic rings. The molecule has 0 bridgehead atoms. The average Bonchev–Trinajstić information content (AvgIpc) is 2.42. The van der Waals surface area contributed by atoms with Crippen LogP contribution in [0.5, 0.6) is 17.2 Å². The van der Waals surface area contributed by atoms with Crippen LogP contribution >= 0.6 is 0 Å². The summed E-state index contributed by atoms with van der Waals surface area (Å²) in [4.78, 5) is 10.9. The Kier molecular flexibility index (Phi) is 3.91. The van der Waals surface area contributed by atoms with Crippen molar-refractivity contribution >= 4 is 5.97 Å². The Hall–Kier alpha value is -2.53. The second-order valence-corrected chi connectivity index (χ2v) is 4.38. The molecule has 0 radical (unpaired) electrons. The molecule has 0 spiro atoms. The van der Waals surface area contributed by atoms with Crippen molar-refractivity contribution in [2.24, 2.45) is 5.73 Å². The smallest absolute Gasteiger partial charge is 0.325 e. The van der Waals surface area contributed by atoms with Gasteiger partial charge < -0.3 is 20.7 Å². The normalized spacial score (nSPS) is 11.9. The minimum absolute atomic E-state index is 0.114. The Bertz CT molecular complexity index is 640. The number of hydrogen-bond donors (Lipinski definition) is 3. The van der Waals surface area contributed by atoms with Crippen molar-refractivity contribution in [3.63, 3.8) is 0 Å². The van der Waals surface area contributed by atoms with Gasteiger partial charge in [0.05, 0.1) is 0 Å². The number of phenolic OH excluding ortho intramolecular Hbond substituents is 1. The highest BCUT2D eigenvalue weighted by Crippen LogP contribution is 2.36. The third-order valence-corrected chi connectivity index (χ3v) is 2.94. The van der Waals surface area contributed by atoms with Gasteiger partial charge >= 0.3 is 5.97 Å². The van der Waals surface area contributed by atoms with Gasteiger partial charge in [-0.3, -0.25) is 4.79 Å². The molecular weight excluding hydrogens is 258 g/mol. The predicted octanol–water partition coefficient (Wildman–Crippen LogP) is 2.58. The van der Waals surface area contributed by atoms with Gasteiger partial charge in [-0.1, -0.05) is 30.3 Å². The molecule has 0 fully saturated rings. The molecule has 5 nitrogen and oxygen atoms in total. The predicted molar refractivity (Wildman–Crippen MR) is 73.9 cm³/mol. The average molecular weight is 273 g/mol. The molecule has 5 heteroatoms. The van der Waals surface area contributed by atoms with E-state index in [1.165, 1.54) is 6.07 Å². The SMILES string of the molecule is Cc1ccccc1Oc1cccc(C(N)C(=O)O)c1O. The maximum absolute atomic E-state index is 10.9. The van der Waals surface area contributed by atoms with E-state index in [1.54, 1.807) is 18.2 Å². The highest BCUT2D eigenvalue weighted by atomic mass is 16.5. The summed E-state index contributed by atoms with van der Waals surface area (Å²) in [5.74, 6) is -0.712. The Labute approximate surface area is 116 Å². The number of hydrogen-bond acceptors (Lipinski definition) is 4. The molecule has 0 heterocycles. The van der Waals surface area contributed by atoms with E-state index in [9.17, 15) is 9.90 Å². The standard InChI is InChI=1S/C15H15NO4/c1-9-5-2-3-7-11(9)20-12-8-4-6-10(14(12)17)13(16)15(18)19/h2-8,13,17H,16H2,1H3,(H,18,19). The molecule has 0 saturated carbocycles. The molecule has 2 rings (SSSR count). The van der Waals surface area contributed by atoms with Crippen LogP contribution < -0.4 is 10.5 Å². The molecule has 104 valence electrons. The van der Waals surface area contributed by atoms with Crippen LogP contribution in [0, 0.1) is 6.92 Å². The van der Waals surface area contributed by atoms with Crippen LogP contribution in [0.4, 0.5) is 0 Å². The number of benzene rings is 2. The number of aliphatic carboxylic acids is 1. The minimum Gasteiger partial charge on any atom is -0.504 e. The zero-order valence-corrected chi connectivity index (χ0v) is 10.9. The third kappa shape index (κ3) is 2.73. The molecule has 2 aromatic carbocycles. The number of aryl methyl sites for hydroxylation is 1. The lowest BCUT2D eigenvalue weighted by atomic mass is 10.1. The van der Waals surface area contributed by atoms with E-state index >= 15 is 0 Å². The first kappa shape index (κ1) is 13.9. The third-order valence-electron chi connectivity index (χ3n) is 2.94. The summed E-state index contributed by atoms with van der Waals surface area (Å²) in [6, 6.07) is 10.6. The van der Waals surface area contributed by atoms with Crippen LogP contribution in [-0.2, 0) is 4.79 Å². The molecule has 0 aliphatic heterocycles. The molecule has 20 heavy (non-hydrogen) atoms. The van der Waals surface area contributed by atoms with Gasteiger partial charge in [-0.2, -0.15) is 0 Å². The van der Waals surface area contributed by atoms with Crippen LogP contribution in [0.3, 0.4) is 0 Å². The number of ether oxygens (including phenoxy) is 1. The lowest BCUT2D eigenvalue weighted by molar-refractivity contribution is -0.138. The molecule has 0 aliphatic carbocycles. The number of para-hydroxylation sites is 2. The summed E-state index contributed by atoms with van der Waals surface area (Å²) in [6.07, 6.45) is 0. The van der Waals surface area contributed by atoms with Crippen LogP contribution in [0.1, 0.15) is 17.2 Å². The van der Waals surface area contributed by atoms with Gasteiger partial charge in [0.25, 0.3) is 0 Å². The maximum Gasteiger partial charge on any atom is 0.325 e. The van der Waals surface area contributed by atoms with E-state index in [4.69, 9.17) is 15.6 Å². The first-order chi connectivity index (χ1) is 9.50. The summed E-state index contributed by atoms with van der Waals surface area (Å²) in [7, 11) is 0. The molecule has 0 saturated heterocycles. The zero-order chi connectivity index (χ0) is 14.7. The van der Waals surface area contributed by atoms with Crippen molar-refractivity contribution in [3.8, 4) is 17.2 Å². The van der Waals surface area contributed by atoms with E-state index in [0.717, 1.165) is 5.56 Å². The number of carbonyl (C=O) groups is 1.